The second-order valence-corrected chi connectivity index (χ2v) is 7.29. The van der Waals surface area contributed by atoms with Crippen LogP contribution in [0.2, 0.25) is 10.0 Å². The molecule has 0 fully saturated rings. The van der Waals surface area contributed by atoms with E-state index in [1.54, 1.807) is 12.1 Å². The van der Waals surface area contributed by atoms with E-state index in [4.69, 9.17) is 23.2 Å². The van der Waals surface area contributed by atoms with E-state index in [1.165, 1.54) is 12.1 Å². The number of hydrogen-bond donors (Lipinski definition) is 1. The van der Waals surface area contributed by atoms with Crippen molar-refractivity contribution in [2.24, 2.45) is 0 Å². The number of benzene rings is 2. The molecular formula is C20H12BrCl2N3O. The highest BCUT2D eigenvalue weighted by molar-refractivity contribution is 9.10. The van der Waals surface area contributed by atoms with Crippen molar-refractivity contribution in [1.29, 1.82) is 5.26 Å². The Kier molecular flexibility index (Phi) is 6.02. The molecule has 3 aromatic rings. The molecule has 0 atom stereocenters. The van der Waals surface area contributed by atoms with Crippen LogP contribution in [-0.2, 0) is 4.79 Å². The van der Waals surface area contributed by atoms with Gasteiger partial charge in [0.25, 0.3) is 5.91 Å². The van der Waals surface area contributed by atoms with E-state index in [9.17, 15) is 10.1 Å². The molecule has 0 aliphatic rings. The van der Waals surface area contributed by atoms with Gasteiger partial charge >= 0.3 is 0 Å². The highest BCUT2D eigenvalue weighted by Crippen LogP contribution is 2.26. The number of carbonyl (C=O) groups is 1. The highest BCUT2D eigenvalue weighted by atomic mass is 79.9. The van der Waals surface area contributed by atoms with E-state index < -0.39 is 5.91 Å². The van der Waals surface area contributed by atoms with E-state index in [2.05, 4.69) is 21.2 Å². The first-order chi connectivity index (χ1) is 13.0. The summed E-state index contributed by atoms with van der Waals surface area (Å²) in [4.78, 5) is 12.5. The van der Waals surface area contributed by atoms with Crippen LogP contribution in [-0.4, -0.2) is 10.5 Å². The number of aromatic nitrogens is 1. The Balaban J connectivity index is 1.89. The van der Waals surface area contributed by atoms with E-state index in [1.807, 2.05) is 53.2 Å². The number of rotatable bonds is 4. The maximum Gasteiger partial charge on any atom is 0.266 e. The second-order valence-electron chi connectivity index (χ2n) is 5.53. The first-order valence-corrected chi connectivity index (χ1v) is 9.34. The summed E-state index contributed by atoms with van der Waals surface area (Å²) in [6.45, 7) is 0. The number of nitrogens with one attached hydrogen (secondary N) is 1. The molecule has 134 valence electrons. The molecule has 2 aromatic carbocycles. The number of nitriles is 1. The molecule has 0 saturated carbocycles. The number of nitrogens with zero attached hydrogens (tertiary/aromatic N) is 2. The van der Waals surface area contributed by atoms with Gasteiger partial charge < -0.3 is 9.88 Å². The van der Waals surface area contributed by atoms with Crippen LogP contribution in [0.3, 0.4) is 0 Å². The third-order valence-electron chi connectivity index (χ3n) is 3.72. The topological polar surface area (TPSA) is 57.8 Å². The predicted octanol–water partition coefficient (Wildman–Crippen LogP) is 6.09. The van der Waals surface area contributed by atoms with E-state index in [0.29, 0.717) is 21.4 Å². The van der Waals surface area contributed by atoms with Gasteiger partial charge in [-0.1, -0.05) is 39.1 Å². The lowest BCUT2D eigenvalue weighted by Crippen LogP contribution is -2.14. The van der Waals surface area contributed by atoms with E-state index in [0.717, 1.165) is 10.2 Å². The van der Waals surface area contributed by atoms with E-state index >= 15 is 0 Å². The lowest BCUT2D eigenvalue weighted by Gasteiger charge is -2.09. The van der Waals surface area contributed by atoms with Crippen molar-refractivity contribution in [3.63, 3.8) is 0 Å². The van der Waals surface area contributed by atoms with Crippen LogP contribution < -0.4 is 5.32 Å². The van der Waals surface area contributed by atoms with E-state index in [-0.39, 0.29) is 5.57 Å². The van der Waals surface area contributed by atoms with Gasteiger partial charge in [-0.15, -0.1) is 0 Å². The standard InChI is InChI=1S/C20H12BrCl2N3O/c21-14-3-6-16(7-4-14)26-9-1-2-17(26)10-13(12-24)20(27)25-19-8-5-15(22)11-18(19)23/h1-11H,(H,25,27). The Morgan fingerprint density at radius 2 is 1.89 bits per heavy atom. The minimum atomic E-state index is -0.551. The summed E-state index contributed by atoms with van der Waals surface area (Å²) >= 11 is 15.3. The first-order valence-electron chi connectivity index (χ1n) is 7.79. The largest absolute Gasteiger partial charge is 0.320 e. The zero-order valence-electron chi connectivity index (χ0n) is 13.8. The van der Waals surface area contributed by atoms with Gasteiger partial charge in [0, 0.05) is 27.1 Å². The fraction of sp³-hybridized carbons (Fsp3) is 0. The minimum Gasteiger partial charge on any atom is -0.320 e. The fourth-order valence-corrected chi connectivity index (χ4v) is 3.15. The van der Waals surface area contributed by atoms with Crippen LogP contribution in [0.1, 0.15) is 5.69 Å². The molecule has 27 heavy (non-hydrogen) atoms. The second kappa shape index (κ2) is 8.45. The summed E-state index contributed by atoms with van der Waals surface area (Å²) < 4.78 is 2.85. The Morgan fingerprint density at radius 3 is 2.56 bits per heavy atom. The average Bonchev–Trinajstić information content (AvgIpc) is 3.10. The van der Waals surface area contributed by atoms with Gasteiger partial charge in [0.15, 0.2) is 0 Å². The Bertz CT molecular complexity index is 1070. The Labute approximate surface area is 174 Å². The summed E-state index contributed by atoms with van der Waals surface area (Å²) in [5.41, 5.74) is 1.95. The third-order valence-corrected chi connectivity index (χ3v) is 4.80. The fourth-order valence-electron chi connectivity index (χ4n) is 2.43. The summed E-state index contributed by atoms with van der Waals surface area (Å²) in [5.74, 6) is -0.551. The number of anilines is 1. The Morgan fingerprint density at radius 1 is 1.15 bits per heavy atom. The lowest BCUT2D eigenvalue weighted by molar-refractivity contribution is -0.112. The molecule has 1 heterocycles. The average molecular weight is 461 g/mol. The van der Waals surface area contributed by atoms with Crippen LogP contribution in [0, 0.1) is 11.3 Å². The number of carbonyl (C=O) groups excluding carboxylic acids is 1. The normalized spacial score (nSPS) is 11.1. The molecule has 1 amide bonds. The zero-order chi connectivity index (χ0) is 19.4. The number of hydrogen-bond acceptors (Lipinski definition) is 2. The monoisotopic (exact) mass is 459 g/mol. The molecule has 0 saturated heterocycles. The quantitative estimate of drug-likeness (QED) is 0.378. The van der Waals surface area contributed by atoms with Crippen LogP contribution in [0.25, 0.3) is 11.8 Å². The van der Waals surface area contributed by atoms with Crippen molar-refractivity contribution in [3.8, 4) is 11.8 Å². The van der Waals surface area contributed by atoms with Crippen molar-refractivity contribution in [2.75, 3.05) is 5.32 Å². The van der Waals surface area contributed by atoms with Gasteiger partial charge in [-0.3, -0.25) is 4.79 Å². The van der Waals surface area contributed by atoms with Gasteiger partial charge in [-0.2, -0.15) is 5.26 Å². The van der Waals surface area contributed by atoms with Gasteiger partial charge in [0.1, 0.15) is 11.6 Å². The predicted molar refractivity (Wildman–Crippen MR) is 112 cm³/mol. The highest BCUT2D eigenvalue weighted by Gasteiger charge is 2.13. The van der Waals surface area contributed by atoms with Crippen LogP contribution in [0.15, 0.2) is 70.8 Å². The molecule has 0 spiro atoms. The lowest BCUT2D eigenvalue weighted by atomic mass is 10.2. The zero-order valence-corrected chi connectivity index (χ0v) is 16.9. The van der Waals surface area contributed by atoms with Crippen LogP contribution in [0.5, 0.6) is 0 Å². The maximum atomic E-state index is 12.5. The first kappa shape index (κ1) is 19.2. The van der Waals surface area contributed by atoms with Gasteiger partial charge in [-0.05, 0) is 60.7 Å². The molecule has 0 aliphatic carbocycles. The Hall–Kier alpha value is -2.52. The molecule has 0 aliphatic heterocycles. The van der Waals surface area contributed by atoms with Gasteiger partial charge in [0.05, 0.1) is 10.7 Å². The van der Waals surface area contributed by atoms with Gasteiger partial charge in [-0.25, -0.2) is 0 Å². The third kappa shape index (κ3) is 4.61. The smallest absolute Gasteiger partial charge is 0.266 e. The van der Waals surface area contributed by atoms with Gasteiger partial charge in [0.2, 0.25) is 0 Å². The molecule has 1 aromatic heterocycles. The molecular weight excluding hydrogens is 449 g/mol. The number of amides is 1. The van der Waals surface area contributed by atoms with Crippen LogP contribution in [0.4, 0.5) is 5.69 Å². The summed E-state index contributed by atoms with van der Waals surface area (Å²) in [6, 6.07) is 18.0. The minimum absolute atomic E-state index is 0.0434. The van der Waals surface area contributed by atoms with Crippen molar-refractivity contribution < 1.29 is 4.79 Å². The summed E-state index contributed by atoms with van der Waals surface area (Å²) in [5, 5.41) is 12.8. The van der Waals surface area contributed by atoms with Crippen molar-refractivity contribution >= 4 is 56.8 Å². The van der Waals surface area contributed by atoms with Crippen molar-refractivity contribution in [3.05, 3.63) is 86.6 Å². The van der Waals surface area contributed by atoms with Crippen molar-refractivity contribution in [2.45, 2.75) is 0 Å². The molecule has 7 heteroatoms. The SMILES string of the molecule is N#CC(=Cc1cccn1-c1ccc(Br)cc1)C(=O)Nc1ccc(Cl)cc1Cl. The summed E-state index contributed by atoms with van der Waals surface area (Å²) in [7, 11) is 0. The molecule has 0 bridgehead atoms. The molecule has 1 N–H and O–H groups in total. The number of halogens is 3. The maximum absolute atomic E-state index is 12.5. The molecule has 0 unspecified atom stereocenters. The van der Waals surface area contributed by atoms with Crippen molar-refractivity contribution in [1.82, 2.24) is 4.57 Å². The molecule has 0 radical (unpaired) electrons. The molecule has 4 nitrogen and oxygen atoms in total. The summed E-state index contributed by atoms with van der Waals surface area (Å²) in [6.07, 6.45) is 3.39. The van der Waals surface area contributed by atoms with Crippen LogP contribution >= 0.6 is 39.1 Å². The molecule has 3 rings (SSSR count).